The summed E-state index contributed by atoms with van der Waals surface area (Å²) in [6.45, 7) is 7.07. The topological polar surface area (TPSA) is 41.1 Å². The highest BCUT2D eigenvalue weighted by Gasteiger charge is 2.09. The van der Waals surface area contributed by atoms with Crippen LogP contribution < -0.4 is 10.6 Å². The number of aryl methyl sites for hydroxylation is 1. The van der Waals surface area contributed by atoms with Gasteiger partial charge in [-0.25, -0.2) is 0 Å². The molecular weight excluding hydrogens is 372 g/mol. The molecular formula is C14H20Br2N2O. The van der Waals surface area contributed by atoms with Crippen molar-refractivity contribution in [2.45, 2.75) is 39.7 Å². The molecule has 0 aliphatic rings. The van der Waals surface area contributed by atoms with E-state index in [0.717, 1.165) is 33.2 Å². The van der Waals surface area contributed by atoms with Crippen molar-refractivity contribution < 1.29 is 4.79 Å². The largest absolute Gasteiger partial charge is 0.324 e. The van der Waals surface area contributed by atoms with Gasteiger partial charge < -0.3 is 10.6 Å². The van der Waals surface area contributed by atoms with Gasteiger partial charge in [0.25, 0.3) is 0 Å². The fraction of sp³-hybridized carbons (Fsp3) is 0.500. The normalized spacial score (nSPS) is 10.8. The summed E-state index contributed by atoms with van der Waals surface area (Å²) in [6, 6.07) is 4.44. The van der Waals surface area contributed by atoms with E-state index in [2.05, 4.69) is 56.3 Å². The minimum Gasteiger partial charge on any atom is -0.324 e. The number of nitrogens with one attached hydrogen (secondary N) is 2. The molecule has 1 aromatic rings. The van der Waals surface area contributed by atoms with Gasteiger partial charge in [-0.1, -0.05) is 13.8 Å². The van der Waals surface area contributed by atoms with Gasteiger partial charge in [0.1, 0.15) is 0 Å². The molecule has 19 heavy (non-hydrogen) atoms. The Balaban J connectivity index is 2.49. The first kappa shape index (κ1) is 16.7. The van der Waals surface area contributed by atoms with Crippen LogP contribution in [0.3, 0.4) is 0 Å². The molecule has 0 spiro atoms. The third-order valence-electron chi connectivity index (χ3n) is 2.58. The van der Waals surface area contributed by atoms with E-state index >= 15 is 0 Å². The average Bonchev–Trinajstić information content (AvgIpc) is 2.29. The maximum atomic E-state index is 11.9. The Morgan fingerprint density at radius 1 is 1.26 bits per heavy atom. The van der Waals surface area contributed by atoms with Gasteiger partial charge in [0, 0.05) is 21.4 Å². The van der Waals surface area contributed by atoms with Crippen molar-refractivity contribution in [2.24, 2.45) is 0 Å². The molecule has 0 aliphatic carbocycles. The highest BCUT2D eigenvalue weighted by molar-refractivity contribution is 9.11. The number of carbonyl (C=O) groups is 1. The highest BCUT2D eigenvalue weighted by atomic mass is 79.9. The molecule has 1 rings (SSSR count). The molecule has 0 heterocycles. The van der Waals surface area contributed by atoms with E-state index in [4.69, 9.17) is 0 Å². The van der Waals surface area contributed by atoms with Crippen LogP contribution in [0.2, 0.25) is 0 Å². The lowest BCUT2D eigenvalue weighted by atomic mass is 10.2. The summed E-state index contributed by atoms with van der Waals surface area (Å²) in [5.74, 6) is 0.0378. The van der Waals surface area contributed by atoms with Gasteiger partial charge in [0.2, 0.25) is 5.91 Å². The van der Waals surface area contributed by atoms with Crippen molar-refractivity contribution in [2.75, 3.05) is 11.9 Å². The Kier molecular flexibility index (Phi) is 7.04. The number of amides is 1. The highest BCUT2D eigenvalue weighted by Crippen LogP contribution is 2.32. The predicted molar refractivity (Wildman–Crippen MR) is 87.6 cm³/mol. The Bertz CT molecular complexity index is 424. The van der Waals surface area contributed by atoms with Crippen LogP contribution in [0.5, 0.6) is 0 Å². The summed E-state index contributed by atoms with van der Waals surface area (Å²) < 4.78 is 1.79. The zero-order valence-corrected chi connectivity index (χ0v) is 14.7. The van der Waals surface area contributed by atoms with Gasteiger partial charge >= 0.3 is 0 Å². The minimum atomic E-state index is 0.0378. The van der Waals surface area contributed by atoms with E-state index in [-0.39, 0.29) is 5.91 Å². The van der Waals surface area contributed by atoms with Crippen molar-refractivity contribution in [3.63, 3.8) is 0 Å². The lowest BCUT2D eigenvalue weighted by Gasteiger charge is -2.11. The Morgan fingerprint density at radius 3 is 2.37 bits per heavy atom. The third kappa shape index (κ3) is 6.06. The number of hydrogen-bond donors (Lipinski definition) is 2. The molecule has 0 fully saturated rings. The third-order valence-corrected chi connectivity index (χ3v) is 3.83. The van der Waals surface area contributed by atoms with Gasteiger partial charge in [-0.15, -0.1) is 0 Å². The molecule has 0 radical (unpaired) electrons. The molecule has 0 saturated carbocycles. The second-order valence-electron chi connectivity index (χ2n) is 4.86. The van der Waals surface area contributed by atoms with E-state index in [9.17, 15) is 4.79 Å². The summed E-state index contributed by atoms with van der Waals surface area (Å²) in [5.41, 5.74) is 1.94. The SMILES string of the molecule is Cc1cc(Br)c(NC(=O)CCCNC(C)C)c(Br)c1. The number of halogens is 2. The molecule has 3 nitrogen and oxygen atoms in total. The number of anilines is 1. The lowest BCUT2D eigenvalue weighted by molar-refractivity contribution is -0.116. The first-order valence-electron chi connectivity index (χ1n) is 6.39. The quantitative estimate of drug-likeness (QED) is 0.712. The van der Waals surface area contributed by atoms with Crippen LogP contribution in [-0.2, 0) is 4.79 Å². The molecule has 2 N–H and O–H groups in total. The van der Waals surface area contributed by atoms with Crippen LogP contribution in [0.1, 0.15) is 32.3 Å². The van der Waals surface area contributed by atoms with Crippen molar-refractivity contribution in [1.29, 1.82) is 0 Å². The minimum absolute atomic E-state index is 0.0378. The number of carbonyl (C=O) groups excluding carboxylic acids is 1. The number of hydrogen-bond acceptors (Lipinski definition) is 2. The summed E-state index contributed by atoms with van der Waals surface area (Å²) in [7, 11) is 0. The van der Waals surface area contributed by atoms with E-state index in [1.165, 1.54) is 0 Å². The first-order chi connectivity index (χ1) is 8.90. The molecule has 5 heteroatoms. The number of benzene rings is 1. The van der Waals surface area contributed by atoms with Crippen LogP contribution in [-0.4, -0.2) is 18.5 Å². The summed E-state index contributed by atoms with van der Waals surface area (Å²) in [5, 5.41) is 6.23. The monoisotopic (exact) mass is 390 g/mol. The van der Waals surface area contributed by atoms with Gasteiger partial charge in [0.05, 0.1) is 5.69 Å². The van der Waals surface area contributed by atoms with Crippen LogP contribution in [0, 0.1) is 6.92 Å². The van der Waals surface area contributed by atoms with Gasteiger partial charge in [-0.05, 0) is 69.4 Å². The summed E-state index contributed by atoms with van der Waals surface area (Å²) >= 11 is 6.94. The zero-order chi connectivity index (χ0) is 14.4. The Labute approximate surface area is 131 Å². The van der Waals surface area contributed by atoms with Crippen LogP contribution in [0.25, 0.3) is 0 Å². The molecule has 1 aromatic carbocycles. The van der Waals surface area contributed by atoms with Crippen molar-refractivity contribution in [1.82, 2.24) is 5.32 Å². The van der Waals surface area contributed by atoms with Crippen molar-refractivity contribution in [3.8, 4) is 0 Å². The van der Waals surface area contributed by atoms with E-state index in [0.29, 0.717) is 12.5 Å². The smallest absolute Gasteiger partial charge is 0.224 e. The first-order valence-corrected chi connectivity index (χ1v) is 7.97. The molecule has 0 aromatic heterocycles. The van der Waals surface area contributed by atoms with Gasteiger partial charge in [-0.2, -0.15) is 0 Å². The van der Waals surface area contributed by atoms with E-state index in [1.807, 2.05) is 19.1 Å². The van der Waals surface area contributed by atoms with Crippen LogP contribution in [0.15, 0.2) is 21.1 Å². The summed E-state index contributed by atoms with van der Waals surface area (Å²) in [6.07, 6.45) is 1.36. The molecule has 0 atom stereocenters. The standard InChI is InChI=1S/C14H20Br2N2O/c1-9(2)17-6-4-5-13(19)18-14-11(15)7-10(3)8-12(14)16/h7-9,17H,4-6H2,1-3H3,(H,18,19). The zero-order valence-electron chi connectivity index (χ0n) is 11.5. The predicted octanol–water partition coefficient (Wildman–Crippen LogP) is 4.24. The summed E-state index contributed by atoms with van der Waals surface area (Å²) in [4.78, 5) is 11.9. The van der Waals surface area contributed by atoms with Crippen LogP contribution >= 0.6 is 31.9 Å². The Morgan fingerprint density at radius 2 is 1.84 bits per heavy atom. The number of rotatable bonds is 6. The maximum Gasteiger partial charge on any atom is 0.224 e. The molecule has 0 aliphatic heterocycles. The maximum absolute atomic E-state index is 11.9. The van der Waals surface area contributed by atoms with Gasteiger partial charge in [0.15, 0.2) is 0 Å². The molecule has 0 bridgehead atoms. The van der Waals surface area contributed by atoms with Crippen LogP contribution in [0.4, 0.5) is 5.69 Å². The van der Waals surface area contributed by atoms with E-state index < -0.39 is 0 Å². The fourth-order valence-corrected chi connectivity index (χ4v) is 3.27. The lowest BCUT2D eigenvalue weighted by Crippen LogP contribution is -2.24. The molecule has 1 amide bonds. The molecule has 0 saturated heterocycles. The second kappa shape index (κ2) is 8.02. The van der Waals surface area contributed by atoms with Crippen molar-refractivity contribution in [3.05, 3.63) is 26.6 Å². The van der Waals surface area contributed by atoms with E-state index in [1.54, 1.807) is 0 Å². The molecule has 0 unspecified atom stereocenters. The molecule has 106 valence electrons. The Hall–Kier alpha value is -0.390. The second-order valence-corrected chi connectivity index (χ2v) is 6.57. The van der Waals surface area contributed by atoms with Crippen molar-refractivity contribution >= 4 is 43.5 Å². The fourth-order valence-electron chi connectivity index (χ4n) is 1.66. The average molecular weight is 392 g/mol. The van der Waals surface area contributed by atoms with Gasteiger partial charge in [-0.3, -0.25) is 4.79 Å².